The second-order valence-corrected chi connectivity index (χ2v) is 10.9. The lowest BCUT2D eigenvalue weighted by molar-refractivity contribution is -0.122. The molecule has 1 atom stereocenters. The van der Waals surface area contributed by atoms with Gasteiger partial charge in [0.25, 0.3) is 0 Å². The highest BCUT2D eigenvalue weighted by atomic mass is 32.2. The van der Waals surface area contributed by atoms with Crippen LogP contribution in [0.4, 0.5) is 0 Å². The number of nitrogens with zero attached hydrogens (tertiary/aromatic N) is 1. The van der Waals surface area contributed by atoms with Crippen LogP contribution in [0.3, 0.4) is 0 Å². The zero-order chi connectivity index (χ0) is 25.8. The molecular formula is C28H34N2O4S. The van der Waals surface area contributed by atoms with Crippen molar-refractivity contribution in [2.24, 2.45) is 0 Å². The normalized spacial score (nSPS) is 12.4. The van der Waals surface area contributed by atoms with E-state index in [1.165, 1.54) is 15.9 Å². The third-order valence-electron chi connectivity index (χ3n) is 6.25. The van der Waals surface area contributed by atoms with Crippen LogP contribution in [0.5, 0.6) is 5.75 Å². The molecule has 35 heavy (non-hydrogen) atoms. The topological polar surface area (TPSA) is 75.7 Å². The fourth-order valence-electron chi connectivity index (χ4n) is 4.15. The lowest BCUT2D eigenvalue weighted by Crippen LogP contribution is -2.41. The van der Waals surface area contributed by atoms with E-state index in [0.29, 0.717) is 11.3 Å². The van der Waals surface area contributed by atoms with Crippen LogP contribution in [0.15, 0.2) is 65.6 Å². The summed E-state index contributed by atoms with van der Waals surface area (Å²) < 4.78 is 33.7. The van der Waals surface area contributed by atoms with Crippen LogP contribution in [0.1, 0.15) is 46.3 Å². The summed E-state index contributed by atoms with van der Waals surface area (Å²) in [5.74, 6) is 0.244. The molecular weight excluding hydrogens is 460 g/mol. The summed E-state index contributed by atoms with van der Waals surface area (Å²) in [6.45, 7) is 9.61. The number of hydrogen-bond acceptors (Lipinski definition) is 4. The molecule has 0 radical (unpaired) electrons. The predicted octanol–water partition coefficient (Wildman–Crippen LogP) is 5.00. The molecule has 0 bridgehead atoms. The number of ether oxygens (including phenoxy) is 1. The Morgan fingerprint density at radius 2 is 1.57 bits per heavy atom. The Kier molecular flexibility index (Phi) is 8.35. The van der Waals surface area contributed by atoms with Gasteiger partial charge in [-0.25, -0.2) is 8.42 Å². The smallest absolute Gasteiger partial charge is 0.243 e. The van der Waals surface area contributed by atoms with Crippen LogP contribution in [0.2, 0.25) is 0 Å². The highest BCUT2D eigenvalue weighted by Gasteiger charge is 2.28. The molecule has 0 saturated carbocycles. The number of aryl methyl sites for hydroxylation is 4. The molecule has 0 fully saturated rings. The monoisotopic (exact) mass is 494 g/mol. The number of hydrogen-bond donors (Lipinski definition) is 1. The molecule has 0 heterocycles. The number of benzene rings is 3. The maximum Gasteiger partial charge on any atom is 0.243 e. The van der Waals surface area contributed by atoms with Crippen molar-refractivity contribution in [1.29, 1.82) is 0 Å². The van der Waals surface area contributed by atoms with Crippen LogP contribution in [0, 0.1) is 27.7 Å². The first kappa shape index (κ1) is 26.4. The molecule has 6 nitrogen and oxygen atoms in total. The summed E-state index contributed by atoms with van der Waals surface area (Å²) in [6.07, 6.45) is 0. The van der Waals surface area contributed by atoms with Crippen LogP contribution in [-0.2, 0) is 21.4 Å². The Bertz CT molecular complexity index is 1300. The van der Waals surface area contributed by atoms with Crippen LogP contribution >= 0.6 is 0 Å². The van der Waals surface area contributed by atoms with E-state index in [0.717, 1.165) is 22.3 Å². The fraction of sp³-hybridized carbons (Fsp3) is 0.321. The first-order valence-corrected chi connectivity index (χ1v) is 13.0. The third kappa shape index (κ3) is 6.29. The van der Waals surface area contributed by atoms with Crippen molar-refractivity contribution in [3.05, 3.63) is 94.0 Å². The number of carbonyl (C=O) groups excluding carboxylic acids is 1. The van der Waals surface area contributed by atoms with Crippen molar-refractivity contribution in [3.63, 3.8) is 0 Å². The molecule has 0 aliphatic rings. The summed E-state index contributed by atoms with van der Waals surface area (Å²) >= 11 is 0. The van der Waals surface area contributed by atoms with Crippen LogP contribution < -0.4 is 10.1 Å². The van der Waals surface area contributed by atoms with Gasteiger partial charge < -0.3 is 10.1 Å². The number of amides is 1. The van der Waals surface area contributed by atoms with Crippen molar-refractivity contribution in [2.75, 3.05) is 13.7 Å². The summed E-state index contributed by atoms with van der Waals surface area (Å²) in [4.78, 5) is 13.2. The molecule has 0 aliphatic heterocycles. The fourth-order valence-corrected chi connectivity index (χ4v) is 5.62. The van der Waals surface area contributed by atoms with Gasteiger partial charge in [0.2, 0.25) is 15.9 Å². The summed E-state index contributed by atoms with van der Waals surface area (Å²) in [5, 5.41) is 2.99. The van der Waals surface area contributed by atoms with Crippen molar-refractivity contribution in [1.82, 2.24) is 9.62 Å². The Hall–Kier alpha value is -3.16. The van der Waals surface area contributed by atoms with Gasteiger partial charge in [0.1, 0.15) is 5.75 Å². The lowest BCUT2D eigenvalue weighted by Gasteiger charge is -2.24. The predicted molar refractivity (Wildman–Crippen MR) is 139 cm³/mol. The van der Waals surface area contributed by atoms with Crippen molar-refractivity contribution in [2.45, 2.75) is 52.1 Å². The maximum atomic E-state index is 13.6. The molecule has 7 heteroatoms. The molecule has 1 N–H and O–H groups in total. The number of sulfonamides is 1. The van der Waals surface area contributed by atoms with Gasteiger partial charge in [0.05, 0.1) is 24.6 Å². The molecule has 3 aromatic rings. The number of methoxy groups -OCH3 is 1. The van der Waals surface area contributed by atoms with Crippen molar-refractivity contribution >= 4 is 15.9 Å². The van der Waals surface area contributed by atoms with E-state index in [1.54, 1.807) is 26.2 Å². The molecule has 0 saturated heterocycles. The molecule has 3 rings (SSSR count). The van der Waals surface area contributed by atoms with Gasteiger partial charge in [-0.2, -0.15) is 4.31 Å². The van der Waals surface area contributed by atoms with Crippen molar-refractivity contribution in [3.8, 4) is 5.75 Å². The molecule has 3 aromatic carbocycles. The molecule has 1 unspecified atom stereocenters. The molecule has 0 spiro atoms. The molecule has 0 aromatic heterocycles. The summed E-state index contributed by atoms with van der Waals surface area (Å²) in [5.41, 5.74) is 5.95. The standard InChI is InChI=1S/C28H34N2O4S/c1-19-14-21(3)26(16-20(19)2)23(5)29-28(31)18-30(17-24-10-8-7-9-11-24)35(32,33)25-12-13-27(34-6)22(4)15-25/h7-16,23H,17-18H2,1-6H3,(H,29,31). The summed E-state index contributed by atoms with van der Waals surface area (Å²) in [7, 11) is -2.40. The van der Waals surface area contributed by atoms with E-state index >= 15 is 0 Å². The molecule has 186 valence electrons. The lowest BCUT2D eigenvalue weighted by atomic mass is 9.96. The van der Waals surface area contributed by atoms with E-state index < -0.39 is 10.0 Å². The van der Waals surface area contributed by atoms with E-state index in [1.807, 2.05) is 51.1 Å². The minimum Gasteiger partial charge on any atom is -0.496 e. The van der Waals surface area contributed by atoms with Crippen LogP contribution in [-0.4, -0.2) is 32.3 Å². The zero-order valence-electron chi connectivity index (χ0n) is 21.3. The second kappa shape index (κ2) is 11.1. The Balaban J connectivity index is 1.88. The quantitative estimate of drug-likeness (QED) is 0.454. The van der Waals surface area contributed by atoms with Gasteiger partial charge in [-0.15, -0.1) is 0 Å². The minimum atomic E-state index is -3.95. The largest absolute Gasteiger partial charge is 0.496 e. The highest BCUT2D eigenvalue weighted by molar-refractivity contribution is 7.89. The van der Waals surface area contributed by atoms with Gasteiger partial charge in [0, 0.05) is 6.54 Å². The van der Waals surface area contributed by atoms with Gasteiger partial charge >= 0.3 is 0 Å². The maximum absolute atomic E-state index is 13.6. The van der Waals surface area contributed by atoms with Gasteiger partial charge in [-0.3, -0.25) is 4.79 Å². The van der Waals surface area contributed by atoms with Gasteiger partial charge in [0.15, 0.2) is 0 Å². The zero-order valence-corrected chi connectivity index (χ0v) is 22.1. The Morgan fingerprint density at radius 3 is 2.20 bits per heavy atom. The summed E-state index contributed by atoms with van der Waals surface area (Å²) in [6, 6.07) is 17.9. The highest BCUT2D eigenvalue weighted by Crippen LogP contribution is 2.25. The average Bonchev–Trinajstić information content (AvgIpc) is 2.81. The molecule has 0 aliphatic carbocycles. The van der Waals surface area contributed by atoms with E-state index in [4.69, 9.17) is 4.74 Å². The first-order valence-electron chi connectivity index (χ1n) is 11.6. The second-order valence-electron chi connectivity index (χ2n) is 8.97. The Labute approximate surface area is 209 Å². The Morgan fingerprint density at radius 1 is 0.914 bits per heavy atom. The van der Waals surface area contributed by atoms with Gasteiger partial charge in [-0.05, 0) is 86.2 Å². The van der Waals surface area contributed by atoms with E-state index in [9.17, 15) is 13.2 Å². The van der Waals surface area contributed by atoms with E-state index in [-0.39, 0.29) is 29.9 Å². The van der Waals surface area contributed by atoms with E-state index in [2.05, 4.69) is 24.4 Å². The van der Waals surface area contributed by atoms with Gasteiger partial charge in [-0.1, -0.05) is 42.5 Å². The van der Waals surface area contributed by atoms with Crippen molar-refractivity contribution < 1.29 is 17.9 Å². The SMILES string of the molecule is COc1ccc(S(=O)(=O)N(CC(=O)NC(C)c2cc(C)c(C)cc2C)Cc2ccccc2)cc1C. The number of carbonyl (C=O) groups is 1. The third-order valence-corrected chi connectivity index (χ3v) is 8.04. The minimum absolute atomic E-state index is 0.0821. The van der Waals surface area contributed by atoms with Crippen LogP contribution in [0.25, 0.3) is 0 Å². The number of nitrogens with one attached hydrogen (secondary N) is 1. The molecule has 1 amide bonds. The average molecular weight is 495 g/mol. The number of rotatable bonds is 9. The first-order chi connectivity index (χ1) is 16.5.